The van der Waals surface area contributed by atoms with Gasteiger partial charge in [-0.2, -0.15) is 0 Å². The Morgan fingerprint density at radius 3 is 1.76 bits per heavy atom. The molecular formula is C91H97N10O24S4+. The predicted octanol–water partition coefficient (Wildman–Crippen LogP) is 8.57. The summed E-state index contributed by atoms with van der Waals surface area (Å²) in [5.74, 6) is -1.99. The van der Waals surface area contributed by atoms with Crippen molar-refractivity contribution in [2.24, 2.45) is 9.98 Å². The highest BCUT2D eigenvalue weighted by molar-refractivity contribution is 7.91. The molecule has 0 aliphatic carbocycles. The lowest BCUT2D eigenvalue weighted by Crippen LogP contribution is -2.60. The molecule has 678 valence electrons. The van der Waals surface area contributed by atoms with Crippen molar-refractivity contribution in [1.29, 1.82) is 0 Å². The molecule has 7 aromatic carbocycles. The Labute approximate surface area is 752 Å². The van der Waals surface area contributed by atoms with Gasteiger partial charge in [-0.05, 0) is 149 Å². The molecule has 3 aromatic heterocycles. The minimum atomic E-state index is -5.10. The van der Waals surface area contributed by atoms with E-state index in [0.29, 0.717) is 94.7 Å². The number of carbonyl (C=O) groups is 5. The van der Waals surface area contributed by atoms with Crippen LogP contribution in [0.15, 0.2) is 177 Å². The summed E-state index contributed by atoms with van der Waals surface area (Å²) in [5, 5.41) is 59.7. The summed E-state index contributed by atoms with van der Waals surface area (Å²) in [7, 11) is -1.69. The van der Waals surface area contributed by atoms with Crippen LogP contribution < -0.4 is 42.7 Å². The van der Waals surface area contributed by atoms with Crippen molar-refractivity contribution in [2.75, 3.05) is 86.8 Å². The van der Waals surface area contributed by atoms with E-state index in [1.807, 2.05) is 72.2 Å². The number of benzene rings is 7. The fraction of sp³-hybridized carbons (Fsp3) is 0.352. The second-order valence-electron chi connectivity index (χ2n) is 32.1. The van der Waals surface area contributed by atoms with Gasteiger partial charge < -0.3 is 96.3 Å². The molecule has 10 aromatic rings. The Bertz CT molecular complexity index is 5900. The van der Waals surface area contributed by atoms with Gasteiger partial charge in [-0.15, -0.1) is 36.2 Å². The van der Waals surface area contributed by atoms with Crippen LogP contribution in [0.1, 0.15) is 113 Å². The number of nitrogens with zero attached hydrogens (tertiary/aromatic N) is 8. The number of rotatable bonds is 40. The van der Waals surface area contributed by atoms with Crippen LogP contribution in [0.5, 0.6) is 40.2 Å². The SMILES string of the molecule is COc1cc2c(cc1OCc1cc(COc3cc4c(cc3OC)C(=O)N3Cc5ccsc5C[C@H]3C=N4)cc(C[N+](C)(C)Cc3ccc(OS(=O)(=O)Oc4cc(C(=O)NCCOCCn5cc(COCCOCCNC(=O)c6cccc(C(=O)CCS(=O)(=O)c7ccc(C)cc7)c6)nn5)ccc4OC4O[C@H](CO)[C@H](O)[C@H](O)[C@H]4O)cc3)c1)N=C[C@@H]1Cc3sccc3CN1C2=O. The van der Waals surface area contributed by atoms with Gasteiger partial charge in [-0.25, -0.2) is 13.1 Å². The topological polar surface area (TPSA) is 422 Å². The molecule has 5 aliphatic heterocycles. The smallest absolute Gasteiger partial charge is 0.493 e. The Balaban J connectivity index is 0.546. The van der Waals surface area contributed by atoms with Crippen LogP contribution >= 0.6 is 22.7 Å². The molecule has 7 atom stereocenters. The number of hydrogen-bond donors (Lipinski definition) is 6. The average molecular weight is 1840 g/mol. The molecule has 6 N–H and O–H groups in total. The Morgan fingerprint density at radius 2 is 1.16 bits per heavy atom. The van der Waals surface area contributed by atoms with Gasteiger partial charge in [0.2, 0.25) is 6.29 Å². The van der Waals surface area contributed by atoms with E-state index < -0.39 is 86.6 Å². The van der Waals surface area contributed by atoms with E-state index in [-0.39, 0.29) is 136 Å². The molecule has 0 spiro atoms. The molecule has 0 saturated carbocycles. The monoisotopic (exact) mass is 1840 g/mol. The van der Waals surface area contributed by atoms with Crippen molar-refractivity contribution in [1.82, 2.24) is 35.4 Å². The quantitative estimate of drug-likeness (QED) is 0.0119. The minimum Gasteiger partial charge on any atom is -0.493 e. The van der Waals surface area contributed by atoms with Crippen LogP contribution in [0, 0.1) is 6.92 Å². The molecule has 129 heavy (non-hydrogen) atoms. The number of aliphatic hydroxyl groups excluding tert-OH is 4. The number of ketones is 1. The largest absolute Gasteiger partial charge is 0.501 e. The Kier molecular flexibility index (Phi) is 29.1. The molecule has 8 heterocycles. The summed E-state index contributed by atoms with van der Waals surface area (Å²) in [5.41, 5.74) is 8.90. The number of aliphatic imine (C=N–C) groups is 2. The van der Waals surface area contributed by atoms with Crippen LogP contribution in [0.25, 0.3) is 0 Å². The van der Waals surface area contributed by atoms with Gasteiger partial charge >= 0.3 is 10.4 Å². The number of nitrogens with one attached hydrogen (secondary N) is 2. The van der Waals surface area contributed by atoms with Gasteiger partial charge in [0.1, 0.15) is 62.2 Å². The number of methoxy groups -OCH3 is 2. The number of aliphatic hydroxyl groups is 4. The zero-order valence-electron chi connectivity index (χ0n) is 71.1. The zero-order valence-corrected chi connectivity index (χ0v) is 74.4. The molecular weight excluding hydrogens is 1750 g/mol. The van der Waals surface area contributed by atoms with Crippen molar-refractivity contribution >= 4 is 96.1 Å². The second kappa shape index (κ2) is 40.8. The standard InChI is InChI=1S/C91H96N10O24S4/c1-55-9-16-69(17-10-55)128(111,112)32-21-74(103)60-7-6-8-61(36-60)87(107)92-23-26-118-28-29-119-54-65-48-98(97-96-65)24-27-117-25-22-93-88(108)62-13-18-75(122-91-86(106)85(105)84(104)81(51-102)123-91)80(37-62)125-129(113,114)124-68-14-11-56(12-15-68)49-101(2,3)50-57-33-58(52-120-78-42-72-70(40-76(78)115-4)89(109)99-46-63-19-30-126-82(63)38-66(99)44-94-72)35-59(34-57)53-121-79-43-73-71(41-77(79)116-5)90(110)100-47-64-20-31-127-83(64)39-67(100)45-95-73/h6-20,30-31,33-37,40-45,48,66-67,81,84-86,91,102,104-106H,21-29,32,38-39,46-47,49-54H2,1-5H3,(H-,92,93,107,108)/p+1/t66-,67-,81+,84-,85-,86+,91?/m0/s1. The number of aryl methyl sites for hydroxylation is 1. The van der Waals surface area contributed by atoms with Crippen molar-refractivity contribution in [3.8, 4) is 40.2 Å². The van der Waals surface area contributed by atoms with Gasteiger partial charge in [0.15, 0.2) is 50.1 Å². The lowest BCUT2D eigenvalue weighted by Gasteiger charge is -2.39. The maximum atomic E-state index is 14.2. The molecule has 38 heteroatoms. The zero-order chi connectivity index (χ0) is 90.7. The maximum Gasteiger partial charge on any atom is 0.501 e. The number of aromatic nitrogens is 3. The first-order chi connectivity index (χ1) is 62.1. The van der Waals surface area contributed by atoms with E-state index >= 15 is 0 Å². The van der Waals surface area contributed by atoms with Gasteiger partial charge in [0.25, 0.3) is 23.6 Å². The number of quaternary nitrogens is 1. The molecule has 1 unspecified atom stereocenters. The van der Waals surface area contributed by atoms with Crippen molar-refractivity contribution < 1.29 is 117 Å². The van der Waals surface area contributed by atoms with Crippen molar-refractivity contribution in [3.05, 3.63) is 245 Å². The number of sulfone groups is 1. The van der Waals surface area contributed by atoms with E-state index in [1.54, 1.807) is 94.2 Å². The molecule has 1 saturated heterocycles. The first kappa shape index (κ1) is 91.8. The Hall–Kier alpha value is -11.9. The van der Waals surface area contributed by atoms with E-state index in [2.05, 4.69) is 33.1 Å². The van der Waals surface area contributed by atoms with E-state index in [0.717, 1.165) is 51.1 Å². The minimum absolute atomic E-state index is 0.0144. The average Bonchev–Trinajstić information content (AvgIpc) is 1.40. The van der Waals surface area contributed by atoms with Crippen LogP contribution in [0.2, 0.25) is 0 Å². The van der Waals surface area contributed by atoms with Gasteiger partial charge in [-0.1, -0.05) is 35.0 Å². The van der Waals surface area contributed by atoms with E-state index in [1.165, 1.54) is 66.4 Å². The molecule has 0 radical (unpaired) electrons. The highest BCUT2D eigenvalue weighted by Gasteiger charge is 2.46. The third-order valence-electron chi connectivity index (χ3n) is 22.2. The Morgan fingerprint density at radius 1 is 0.581 bits per heavy atom. The first-order valence-electron chi connectivity index (χ1n) is 41.5. The van der Waals surface area contributed by atoms with Crippen LogP contribution in [-0.2, 0) is 105 Å². The van der Waals surface area contributed by atoms with Crippen LogP contribution in [-0.4, -0.2) is 238 Å². The number of hydrogen-bond acceptors (Lipinski definition) is 30. The molecule has 0 bridgehead atoms. The van der Waals surface area contributed by atoms with Crippen molar-refractivity contribution in [3.63, 3.8) is 0 Å². The number of ether oxygens (including phenoxy) is 9. The van der Waals surface area contributed by atoms with Gasteiger partial charge in [0, 0.05) is 108 Å². The molecule has 15 rings (SSSR count). The summed E-state index contributed by atoms with van der Waals surface area (Å²) in [6, 6.07) is 38.7. The number of amides is 4. The second-order valence-corrected chi connectivity index (χ2v) is 37.3. The first-order valence-corrected chi connectivity index (χ1v) is 46.3. The summed E-state index contributed by atoms with van der Waals surface area (Å²) in [6.07, 6.45) is -2.33. The lowest BCUT2D eigenvalue weighted by atomic mass is 9.99. The van der Waals surface area contributed by atoms with Crippen LogP contribution in [0.3, 0.4) is 0 Å². The molecule has 4 amide bonds. The normalized spacial score (nSPS) is 18.2. The van der Waals surface area contributed by atoms with E-state index in [9.17, 15) is 61.2 Å². The fourth-order valence-electron chi connectivity index (χ4n) is 15.5. The number of fused-ring (bicyclic) bond motifs is 6. The molecule has 1 fully saturated rings. The van der Waals surface area contributed by atoms with Crippen molar-refractivity contribution in [2.45, 2.75) is 126 Å². The van der Waals surface area contributed by atoms with Crippen LogP contribution in [0.4, 0.5) is 11.4 Å². The number of thiophene rings is 2. The molecule has 5 aliphatic rings. The van der Waals surface area contributed by atoms with E-state index in [4.69, 9.17) is 61.0 Å². The highest BCUT2D eigenvalue weighted by Crippen LogP contribution is 2.43. The predicted molar refractivity (Wildman–Crippen MR) is 472 cm³/mol. The lowest BCUT2D eigenvalue weighted by molar-refractivity contribution is -0.916. The summed E-state index contributed by atoms with van der Waals surface area (Å²) >= 11 is 3.35. The third kappa shape index (κ3) is 22.7. The molecule has 34 nitrogen and oxygen atoms in total. The number of Topliss-reactive ketones (excluding diaryl/α,β-unsaturated/α-hetero) is 1. The fourth-order valence-corrected chi connectivity index (χ4v) is 19.4. The number of carbonyl (C=O) groups excluding carboxylic acids is 5. The highest BCUT2D eigenvalue weighted by atomic mass is 32.3. The summed E-state index contributed by atoms with van der Waals surface area (Å²) in [6.45, 7) is 4.26. The summed E-state index contributed by atoms with van der Waals surface area (Å²) < 4.78 is 120. The third-order valence-corrected chi connectivity index (χ3v) is 26.6. The van der Waals surface area contributed by atoms with Gasteiger partial charge in [0.05, 0.1) is 133 Å². The van der Waals surface area contributed by atoms with Gasteiger partial charge in [-0.3, -0.25) is 34.0 Å². The summed E-state index contributed by atoms with van der Waals surface area (Å²) in [4.78, 5) is 84.0. The maximum absolute atomic E-state index is 14.2.